The number of nitrogens with zero attached hydrogens (tertiary/aromatic N) is 2. The van der Waals surface area contributed by atoms with E-state index in [1.807, 2.05) is 6.26 Å². The van der Waals surface area contributed by atoms with Gasteiger partial charge in [0.1, 0.15) is 6.04 Å². The Balaban J connectivity index is 1.75. The second kappa shape index (κ2) is 9.43. The number of piperidine rings is 1. The molecule has 156 valence electrons. The van der Waals surface area contributed by atoms with Crippen molar-refractivity contribution in [1.82, 2.24) is 9.80 Å². The zero-order valence-electron chi connectivity index (χ0n) is 16.8. The van der Waals surface area contributed by atoms with Gasteiger partial charge in [-0.25, -0.2) is 0 Å². The molecular formula is C21H26N2O5S. The van der Waals surface area contributed by atoms with E-state index in [1.54, 1.807) is 47.9 Å². The van der Waals surface area contributed by atoms with Crippen LogP contribution in [-0.4, -0.2) is 71.2 Å². The highest BCUT2D eigenvalue weighted by Crippen LogP contribution is 2.28. The van der Waals surface area contributed by atoms with Crippen molar-refractivity contribution >= 4 is 35.5 Å². The molecule has 2 aliphatic rings. The highest BCUT2D eigenvalue weighted by molar-refractivity contribution is 7.98. The number of imide groups is 1. The van der Waals surface area contributed by atoms with Gasteiger partial charge in [0.25, 0.3) is 11.8 Å². The van der Waals surface area contributed by atoms with Gasteiger partial charge in [-0.05, 0) is 50.3 Å². The van der Waals surface area contributed by atoms with Crippen LogP contribution >= 0.6 is 11.8 Å². The fourth-order valence-corrected chi connectivity index (χ4v) is 4.35. The molecule has 2 heterocycles. The van der Waals surface area contributed by atoms with Gasteiger partial charge in [0.2, 0.25) is 5.91 Å². The summed E-state index contributed by atoms with van der Waals surface area (Å²) in [5.74, 6) is -0.820. The van der Waals surface area contributed by atoms with E-state index in [0.29, 0.717) is 55.8 Å². The van der Waals surface area contributed by atoms with Gasteiger partial charge in [-0.3, -0.25) is 24.1 Å². The van der Waals surface area contributed by atoms with Crippen molar-refractivity contribution in [2.75, 3.05) is 31.7 Å². The second-order valence-electron chi connectivity index (χ2n) is 7.17. The number of likely N-dealkylation sites (tertiary alicyclic amines) is 1. The predicted octanol–water partition coefficient (Wildman–Crippen LogP) is 2.21. The summed E-state index contributed by atoms with van der Waals surface area (Å²) in [5, 5.41) is 0. The van der Waals surface area contributed by atoms with E-state index in [9.17, 15) is 19.2 Å². The number of rotatable bonds is 7. The van der Waals surface area contributed by atoms with E-state index in [4.69, 9.17) is 4.74 Å². The molecule has 1 unspecified atom stereocenters. The van der Waals surface area contributed by atoms with Crippen molar-refractivity contribution in [3.05, 3.63) is 35.4 Å². The van der Waals surface area contributed by atoms with Crippen LogP contribution in [0, 0.1) is 5.92 Å². The highest BCUT2D eigenvalue weighted by atomic mass is 32.2. The Kier molecular flexibility index (Phi) is 6.95. The third kappa shape index (κ3) is 4.32. The molecule has 29 heavy (non-hydrogen) atoms. The lowest BCUT2D eigenvalue weighted by Crippen LogP contribution is -2.53. The van der Waals surface area contributed by atoms with Gasteiger partial charge >= 0.3 is 5.97 Å². The van der Waals surface area contributed by atoms with Crippen molar-refractivity contribution in [3.63, 3.8) is 0 Å². The third-order valence-electron chi connectivity index (χ3n) is 5.44. The summed E-state index contributed by atoms with van der Waals surface area (Å²) in [7, 11) is 0. The SMILES string of the molecule is CCOC(=O)C1CCN(C(=O)C(CCSC)N2C(=O)c3ccccc3C2=O)CC1. The number of fused-ring (bicyclic) bond motifs is 1. The molecule has 3 amide bonds. The molecule has 1 aromatic rings. The summed E-state index contributed by atoms with van der Waals surface area (Å²) in [4.78, 5) is 53.8. The van der Waals surface area contributed by atoms with E-state index >= 15 is 0 Å². The average molecular weight is 419 g/mol. The van der Waals surface area contributed by atoms with Gasteiger partial charge in [-0.1, -0.05) is 12.1 Å². The first-order chi connectivity index (χ1) is 14.0. The van der Waals surface area contributed by atoms with Crippen LogP contribution in [0.5, 0.6) is 0 Å². The van der Waals surface area contributed by atoms with Gasteiger partial charge in [0, 0.05) is 13.1 Å². The summed E-state index contributed by atoms with van der Waals surface area (Å²) in [6.07, 6.45) is 3.39. The van der Waals surface area contributed by atoms with Crippen LogP contribution in [0.2, 0.25) is 0 Å². The van der Waals surface area contributed by atoms with Crippen LogP contribution in [0.1, 0.15) is 46.9 Å². The molecule has 1 aromatic carbocycles. The number of carbonyl (C=O) groups excluding carboxylic acids is 4. The molecule has 0 aliphatic carbocycles. The lowest BCUT2D eigenvalue weighted by molar-refractivity contribution is -0.151. The molecule has 0 N–H and O–H groups in total. The molecule has 3 rings (SSSR count). The van der Waals surface area contributed by atoms with Crippen LogP contribution in [0.15, 0.2) is 24.3 Å². The largest absolute Gasteiger partial charge is 0.466 e. The molecule has 1 atom stereocenters. The summed E-state index contributed by atoms with van der Waals surface area (Å²) in [6, 6.07) is 5.85. The van der Waals surface area contributed by atoms with Crippen molar-refractivity contribution in [2.24, 2.45) is 5.92 Å². The van der Waals surface area contributed by atoms with Crippen LogP contribution < -0.4 is 0 Å². The van der Waals surface area contributed by atoms with Crippen molar-refractivity contribution in [2.45, 2.75) is 32.2 Å². The van der Waals surface area contributed by atoms with Crippen molar-refractivity contribution < 1.29 is 23.9 Å². The van der Waals surface area contributed by atoms with E-state index in [0.717, 1.165) is 4.90 Å². The quantitative estimate of drug-likeness (QED) is 0.499. The minimum atomic E-state index is -0.825. The molecule has 1 fully saturated rings. The fourth-order valence-electron chi connectivity index (χ4n) is 3.89. The van der Waals surface area contributed by atoms with Crippen LogP contribution in [0.4, 0.5) is 0 Å². The zero-order chi connectivity index (χ0) is 21.0. The molecule has 0 bridgehead atoms. The minimum absolute atomic E-state index is 0.206. The number of thioether (sulfide) groups is 1. The summed E-state index contributed by atoms with van der Waals surface area (Å²) in [6.45, 7) is 2.95. The van der Waals surface area contributed by atoms with E-state index in [-0.39, 0.29) is 17.8 Å². The van der Waals surface area contributed by atoms with Crippen LogP contribution in [-0.2, 0) is 14.3 Å². The zero-order valence-corrected chi connectivity index (χ0v) is 17.6. The minimum Gasteiger partial charge on any atom is -0.466 e. The first kappa shape index (κ1) is 21.4. The summed E-state index contributed by atoms with van der Waals surface area (Å²) < 4.78 is 5.08. The molecule has 1 saturated heterocycles. The molecule has 0 saturated carbocycles. The maximum Gasteiger partial charge on any atom is 0.309 e. The number of carbonyl (C=O) groups is 4. The van der Waals surface area contributed by atoms with Gasteiger partial charge in [0.05, 0.1) is 23.7 Å². The van der Waals surface area contributed by atoms with Gasteiger partial charge in [-0.2, -0.15) is 11.8 Å². The predicted molar refractivity (Wildman–Crippen MR) is 110 cm³/mol. The maximum atomic E-state index is 13.3. The number of benzene rings is 1. The lowest BCUT2D eigenvalue weighted by Gasteiger charge is -2.35. The fraction of sp³-hybridized carbons (Fsp3) is 0.524. The Hall–Kier alpha value is -2.35. The normalized spacial score (nSPS) is 18.0. The average Bonchev–Trinajstić information content (AvgIpc) is 2.99. The number of hydrogen-bond acceptors (Lipinski definition) is 6. The smallest absolute Gasteiger partial charge is 0.309 e. The van der Waals surface area contributed by atoms with Gasteiger partial charge in [-0.15, -0.1) is 0 Å². The second-order valence-corrected chi connectivity index (χ2v) is 8.16. The van der Waals surface area contributed by atoms with Crippen molar-refractivity contribution in [3.8, 4) is 0 Å². The maximum absolute atomic E-state index is 13.3. The Morgan fingerprint density at radius 1 is 1.14 bits per heavy atom. The highest BCUT2D eigenvalue weighted by Gasteiger charge is 2.44. The molecule has 2 aliphatic heterocycles. The molecular weight excluding hydrogens is 392 g/mol. The third-order valence-corrected chi connectivity index (χ3v) is 6.09. The Bertz CT molecular complexity index is 769. The Labute approximate surface area is 174 Å². The molecule has 0 aromatic heterocycles. The number of amides is 3. The topological polar surface area (TPSA) is 84.0 Å². The van der Waals surface area contributed by atoms with Gasteiger partial charge in [0.15, 0.2) is 0 Å². The molecule has 8 heteroatoms. The molecule has 7 nitrogen and oxygen atoms in total. The van der Waals surface area contributed by atoms with Crippen molar-refractivity contribution in [1.29, 1.82) is 0 Å². The van der Waals surface area contributed by atoms with Crippen LogP contribution in [0.3, 0.4) is 0 Å². The molecule has 0 spiro atoms. The van der Waals surface area contributed by atoms with Gasteiger partial charge < -0.3 is 9.64 Å². The lowest BCUT2D eigenvalue weighted by atomic mass is 9.96. The van der Waals surface area contributed by atoms with E-state index < -0.39 is 17.9 Å². The Morgan fingerprint density at radius 3 is 2.24 bits per heavy atom. The van der Waals surface area contributed by atoms with E-state index in [1.165, 1.54) is 0 Å². The van der Waals surface area contributed by atoms with E-state index in [2.05, 4.69) is 0 Å². The number of hydrogen-bond donors (Lipinski definition) is 0. The first-order valence-corrected chi connectivity index (χ1v) is 11.3. The summed E-state index contributed by atoms with van der Waals surface area (Å²) in [5.41, 5.74) is 0.695. The Morgan fingerprint density at radius 2 is 1.72 bits per heavy atom. The van der Waals surface area contributed by atoms with Crippen LogP contribution in [0.25, 0.3) is 0 Å². The number of ether oxygens (including phenoxy) is 1. The standard InChI is InChI=1S/C21H26N2O5S/c1-3-28-21(27)14-8-11-22(12-9-14)20(26)17(10-13-29-2)23-18(24)15-6-4-5-7-16(15)19(23)25/h4-7,14,17H,3,8-13H2,1-2H3. The molecule has 0 radical (unpaired) electrons. The monoisotopic (exact) mass is 418 g/mol. The summed E-state index contributed by atoms with van der Waals surface area (Å²) >= 11 is 1.57. The first-order valence-electron chi connectivity index (χ1n) is 9.90. The number of esters is 1.